The minimum absolute atomic E-state index is 0.382. The molecule has 0 aliphatic carbocycles. The quantitative estimate of drug-likeness (QED) is 0.448. The Bertz CT molecular complexity index is 866. The number of carbonyl (C=O) groups is 2. The van der Waals surface area contributed by atoms with Crippen molar-refractivity contribution in [1.82, 2.24) is 0 Å². The van der Waals surface area contributed by atoms with Gasteiger partial charge in [-0.05, 0) is 30.4 Å². The van der Waals surface area contributed by atoms with E-state index in [4.69, 9.17) is 9.47 Å². The van der Waals surface area contributed by atoms with Gasteiger partial charge in [0.1, 0.15) is 11.5 Å². The second-order valence-corrected chi connectivity index (χ2v) is 6.06. The van der Waals surface area contributed by atoms with Crippen molar-refractivity contribution in [2.24, 2.45) is 0 Å². The first kappa shape index (κ1) is 16.2. The highest BCUT2D eigenvalue weighted by molar-refractivity contribution is 9.10. The summed E-state index contributed by atoms with van der Waals surface area (Å²) in [7, 11) is 0. The van der Waals surface area contributed by atoms with Crippen molar-refractivity contribution < 1.29 is 19.1 Å². The molecule has 3 rings (SSSR count). The largest absolute Gasteiger partial charge is 0.426 e. The molecular formula is C19H13BrO4. The van der Waals surface area contributed by atoms with Crippen LogP contribution in [-0.4, -0.2) is 11.9 Å². The van der Waals surface area contributed by atoms with Crippen LogP contribution in [0.5, 0.6) is 5.75 Å². The predicted molar refractivity (Wildman–Crippen MR) is 93.9 cm³/mol. The van der Waals surface area contributed by atoms with E-state index in [9.17, 15) is 9.59 Å². The molecule has 2 aromatic rings. The fraction of sp³-hybridized carbons (Fsp3) is 0.0526. The van der Waals surface area contributed by atoms with Gasteiger partial charge >= 0.3 is 11.9 Å². The molecule has 0 radical (unpaired) electrons. The molecule has 0 N–H and O–H groups in total. The van der Waals surface area contributed by atoms with Crippen LogP contribution in [0.25, 0.3) is 11.8 Å². The Hall–Kier alpha value is -2.66. The monoisotopic (exact) mass is 384 g/mol. The number of benzene rings is 2. The zero-order chi connectivity index (χ0) is 17.1. The minimum atomic E-state index is -0.442. The number of carbonyl (C=O) groups excluding carboxylic acids is 2. The maximum Gasteiger partial charge on any atom is 0.343 e. The number of esters is 2. The Balaban J connectivity index is 1.99. The van der Waals surface area contributed by atoms with E-state index in [1.165, 1.54) is 6.92 Å². The van der Waals surface area contributed by atoms with Crippen molar-refractivity contribution in [3.63, 3.8) is 0 Å². The summed E-state index contributed by atoms with van der Waals surface area (Å²) in [6.07, 6.45) is 3.32. The Morgan fingerprint density at radius 3 is 2.62 bits per heavy atom. The minimum Gasteiger partial charge on any atom is -0.426 e. The maximum absolute atomic E-state index is 12.1. The molecule has 0 bridgehead atoms. The molecule has 1 aliphatic rings. The SMILES string of the molecule is CC(=O)Oc1ccc(Br)cc1C=C1C=C(c2ccccc2)OC1=O. The first-order valence-corrected chi connectivity index (χ1v) is 8.01. The standard InChI is InChI=1S/C19H13BrO4/c1-12(21)23-17-8-7-16(20)10-14(17)9-15-11-18(24-19(15)22)13-5-3-2-4-6-13/h2-11H,1H3. The van der Waals surface area contributed by atoms with Gasteiger partial charge in [0.25, 0.3) is 0 Å². The highest BCUT2D eigenvalue weighted by Crippen LogP contribution is 2.30. The molecule has 4 nitrogen and oxygen atoms in total. The van der Waals surface area contributed by atoms with Crippen LogP contribution in [0, 0.1) is 0 Å². The van der Waals surface area contributed by atoms with Crippen LogP contribution in [0.15, 0.2) is 64.7 Å². The van der Waals surface area contributed by atoms with E-state index in [-0.39, 0.29) is 0 Å². The third-order valence-electron chi connectivity index (χ3n) is 3.32. The molecule has 0 aromatic heterocycles. The fourth-order valence-electron chi connectivity index (χ4n) is 2.28. The summed E-state index contributed by atoms with van der Waals surface area (Å²) in [5.74, 6) is 0.0116. The van der Waals surface area contributed by atoms with Crippen LogP contribution in [0.3, 0.4) is 0 Å². The van der Waals surface area contributed by atoms with E-state index in [0.29, 0.717) is 22.6 Å². The first-order chi connectivity index (χ1) is 11.5. The summed E-state index contributed by atoms with van der Waals surface area (Å²) in [6, 6.07) is 14.6. The van der Waals surface area contributed by atoms with Gasteiger partial charge in [-0.2, -0.15) is 0 Å². The van der Waals surface area contributed by atoms with Crippen molar-refractivity contribution in [3.05, 3.63) is 75.8 Å². The summed E-state index contributed by atoms with van der Waals surface area (Å²) in [5, 5.41) is 0. The van der Waals surface area contributed by atoms with Crippen LogP contribution in [0.2, 0.25) is 0 Å². The lowest BCUT2D eigenvalue weighted by atomic mass is 10.1. The molecule has 0 unspecified atom stereocenters. The second-order valence-electron chi connectivity index (χ2n) is 5.14. The summed E-state index contributed by atoms with van der Waals surface area (Å²) in [6.45, 7) is 1.33. The van der Waals surface area contributed by atoms with Gasteiger partial charge in [-0.1, -0.05) is 46.3 Å². The van der Waals surface area contributed by atoms with Gasteiger partial charge in [0.05, 0.1) is 5.57 Å². The van der Waals surface area contributed by atoms with E-state index in [1.54, 1.807) is 30.4 Å². The molecule has 0 fully saturated rings. The normalized spacial score (nSPS) is 15.2. The summed E-state index contributed by atoms with van der Waals surface area (Å²) in [5.41, 5.74) is 1.82. The van der Waals surface area contributed by atoms with Crippen LogP contribution in [-0.2, 0) is 14.3 Å². The summed E-state index contributed by atoms with van der Waals surface area (Å²) in [4.78, 5) is 23.3. The fourth-order valence-corrected chi connectivity index (χ4v) is 2.66. The van der Waals surface area contributed by atoms with Gasteiger partial charge < -0.3 is 9.47 Å². The number of ether oxygens (including phenoxy) is 2. The van der Waals surface area contributed by atoms with Crippen LogP contribution in [0.4, 0.5) is 0 Å². The van der Waals surface area contributed by atoms with Gasteiger partial charge in [-0.15, -0.1) is 0 Å². The van der Waals surface area contributed by atoms with E-state index in [1.807, 2.05) is 30.3 Å². The summed E-state index contributed by atoms with van der Waals surface area (Å²) < 4.78 is 11.3. The van der Waals surface area contributed by atoms with Gasteiger partial charge in [0.2, 0.25) is 0 Å². The Kier molecular flexibility index (Phi) is 4.62. The third-order valence-corrected chi connectivity index (χ3v) is 3.81. The number of hydrogen-bond donors (Lipinski definition) is 0. The molecule has 24 heavy (non-hydrogen) atoms. The molecule has 2 aromatic carbocycles. The van der Waals surface area contributed by atoms with E-state index < -0.39 is 11.9 Å². The highest BCUT2D eigenvalue weighted by atomic mass is 79.9. The molecule has 0 atom stereocenters. The smallest absolute Gasteiger partial charge is 0.343 e. The average Bonchev–Trinajstić information content (AvgIpc) is 2.91. The number of cyclic esters (lactones) is 1. The zero-order valence-corrected chi connectivity index (χ0v) is 14.4. The van der Waals surface area contributed by atoms with Crippen molar-refractivity contribution in [2.75, 3.05) is 0 Å². The zero-order valence-electron chi connectivity index (χ0n) is 12.8. The van der Waals surface area contributed by atoms with Crippen molar-refractivity contribution in [3.8, 4) is 5.75 Å². The van der Waals surface area contributed by atoms with Gasteiger partial charge in [-0.3, -0.25) is 4.79 Å². The molecule has 5 heteroatoms. The number of rotatable bonds is 3. The Morgan fingerprint density at radius 1 is 1.17 bits per heavy atom. The lowest BCUT2D eigenvalue weighted by molar-refractivity contribution is -0.132. The van der Waals surface area contributed by atoms with E-state index >= 15 is 0 Å². The van der Waals surface area contributed by atoms with Gasteiger partial charge in [0.15, 0.2) is 0 Å². The Labute approximate surface area is 147 Å². The molecule has 1 aliphatic heterocycles. The molecule has 0 saturated heterocycles. The van der Waals surface area contributed by atoms with Crippen molar-refractivity contribution in [2.45, 2.75) is 6.92 Å². The number of hydrogen-bond acceptors (Lipinski definition) is 4. The molecule has 0 saturated carbocycles. The summed E-state index contributed by atoms with van der Waals surface area (Å²) >= 11 is 3.37. The molecule has 120 valence electrons. The second kappa shape index (κ2) is 6.84. The lowest BCUT2D eigenvalue weighted by Gasteiger charge is -2.06. The van der Waals surface area contributed by atoms with Crippen molar-refractivity contribution in [1.29, 1.82) is 0 Å². The van der Waals surface area contributed by atoms with Crippen LogP contribution < -0.4 is 4.74 Å². The molecule has 0 spiro atoms. The maximum atomic E-state index is 12.1. The van der Waals surface area contributed by atoms with E-state index in [2.05, 4.69) is 15.9 Å². The van der Waals surface area contributed by atoms with Gasteiger partial charge in [0, 0.05) is 22.5 Å². The molecule has 0 amide bonds. The van der Waals surface area contributed by atoms with Crippen molar-refractivity contribution >= 4 is 39.7 Å². The topological polar surface area (TPSA) is 52.6 Å². The highest BCUT2D eigenvalue weighted by Gasteiger charge is 2.22. The predicted octanol–water partition coefficient (Wildman–Crippen LogP) is 4.36. The van der Waals surface area contributed by atoms with Crippen LogP contribution in [0.1, 0.15) is 18.1 Å². The lowest BCUT2D eigenvalue weighted by Crippen LogP contribution is -2.03. The average molecular weight is 385 g/mol. The number of halogens is 1. The van der Waals surface area contributed by atoms with Crippen LogP contribution >= 0.6 is 15.9 Å². The van der Waals surface area contributed by atoms with Gasteiger partial charge in [-0.25, -0.2) is 4.79 Å². The third kappa shape index (κ3) is 3.63. The Morgan fingerprint density at radius 2 is 1.92 bits per heavy atom. The van der Waals surface area contributed by atoms with E-state index in [0.717, 1.165) is 10.0 Å². The molecular weight excluding hydrogens is 372 g/mol. The molecule has 1 heterocycles. The first-order valence-electron chi connectivity index (χ1n) is 7.22.